The van der Waals surface area contributed by atoms with Crippen molar-refractivity contribution in [3.8, 4) is 5.75 Å². The molecule has 1 aliphatic heterocycles. The summed E-state index contributed by atoms with van der Waals surface area (Å²) >= 11 is 0. The van der Waals surface area contributed by atoms with Crippen molar-refractivity contribution in [2.24, 2.45) is 0 Å². The fraction of sp³-hybridized carbons (Fsp3) is 0.429. The maximum atomic E-state index is 11.4. The van der Waals surface area contributed by atoms with Crippen LogP contribution in [0, 0.1) is 0 Å². The Labute approximate surface area is 115 Å². The van der Waals surface area contributed by atoms with Crippen LogP contribution in [0.15, 0.2) is 23.0 Å². The maximum Gasteiger partial charge on any atom is 0.347 e. The minimum atomic E-state index is -0.437. The van der Waals surface area contributed by atoms with E-state index in [9.17, 15) is 4.79 Å². The van der Waals surface area contributed by atoms with Gasteiger partial charge in [-0.3, -0.25) is 0 Å². The molecule has 1 saturated heterocycles. The lowest BCUT2D eigenvalue weighted by atomic mass is 10.2. The lowest BCUT2D eigenvalue weighted by Gasteiger charge is -2.13. The topological polar surface area (TPSA) is 93.0 Å². The van der Waals surface area contributed by atoms with Gasteiger partial charge in [-0.25, -0.2) is 4.79 Å². The van der Waals surface area contributed by atoms with Gasteiger partial charge in [0.1, 0.15) is 17.7 Å². The molecule has 20 heavy (non-hydrogen) atoms. The third-order valence-electron chi connectivity index (χ3n) is 4.30. The van der Waals surface area contributed by atoms with Gasteiger partial charge in [-0.1, -0.05) is 6.07 Å². The molecule has 0 bridgehead atoms. The first kappa shape index (κ1) is 11.7. The number of nitrogens with zero attached hydrogens (tertiary/aromatic N) is 1. The number of aromatic nitrogens is 2. The Balaban J connectivity index is 1.72. The molecule has 1 aliphatic carbocycles. The standard InChI is InChI=1S/C14H16N4O2/c15-12-11-8(17-13(19)18-12)3-1-4-9(11)20-10-7-14(10)5-2-6-16-14/h1,3-4,10,16H,2,5-7H2,(H3,15,17,18,19)/t10-,14?/m0/s1. The number of nitrogens with two attached hydrogens (primary N) is 1. The van der Waals surface area contributed by atoms with E-state index < -0.39 is 5.69 Å². The zero-order chi connectivity index (χ0) is 13.7. The molecule has 1 spiro atoms. The van der Waals surface area contributed by atoms with E-state index in [1.54, 1.807) is 6.07 Å². The highest BCUT2D eigenvalue weighted by Gasteiger charge is 2.57. The first-order valence-corrected chi connectivity index (χ1v) is 6.88. The van der Waals surface area contributed by atoms with Crippen LogP contribution in [0.4, 0.5) is 5.82 Å². The van der Waals surface area contributed by atoms with Crippen molar-refractivity contribution in [2.75, 3.05) is 12.3 Å². The molecule has 104 valence electrons. The molecule has 1 aromatic heterocycles. The lowest BCUT2D eigenvalue weighted by Crippen LogP contribution is -2.29. The molecule has 1 saturated carbocycles. The Bertz CT molecular complexity index is 734. The van der Waals surface area contributed by atoms with Gasteiger partial charge in [0.15, 0.2) is 0 Å². The van der Waals surface area contributed by atoms with Crippen molar-refractivity contribution in [3.63, 3.8) is 0 Å². The Morgan fingerprint density at radius 1 is 1.45 bits per heavy atom. The molecular weight excluding hydrogens is 256 g/mol. The predicted molar refractivity (Wildman–Crippen MR) is 75.8 cm³/mol. The second-order valence-corrected chi connectivity index (χ2v) is 5.60. The number of benzene rings is 1. The van der Waals surface area contributed by atoms with Crippen LogP contribution in [0.3, 0.4) is 0 Å². The van der Waals surface area contributed by atoms with Crippen LogP contribution in [0.25, 0.3) is 10.9 Å². The summed E-state index contributed by atoms with van der Waals surface area (Å²) in [5.74, 6) is 0.910. The van der Waals surface area contributed by atoms with Gasteiger partial charge in [-0.2, -0.15) is 4.98 Å². The third kappa shape index (κ3) is 1.68. The van der Waals surface area contributed by atoms with Crippen LogP contribution in [-0.2, 0) is 0 Å². The van der Waals surface area contributed by atoms with E-state index in [1.807, 2.05) is 12.1 Å². The lowest BCUT2D eigenvalue weighted by molar-refractivity contribution is 0.268. The molecule has 2 aliphatic rings. The molecule has 6 nitrogen and oxygen atoms in total. The van der Waals surface area contributed by atoms with Gasteiger partial charge in [0.05, 0.1) is 16.4 Å². The van der Waals surface area contributed by atoms with Gasteiger partial charge >= 0.3 is 5.69 Å². The SMILES string of the molecule is Nc1nc(=O)[nH]c2cccc(O[C@H]3CC34CCCN4)c12. The van der Waals surface area contributed by atoms with Crippen LogP contribution in [-0.4, -0.2) is 28.2 Å². The summed E-state index contributed by atoms with van der Waals surface area (Å²) in [6.07, 6.45) is 3.57. The van der Waals surface area contributed by atoms with Crippen LogP contribution in [0.5, 0.6) is 5.75 Å². The van der Waals surface area contributed by atoms with Gasteiger partial charge in [0.2, 0.25) is 0 Å². The zero-order valence-corrected chi connectivity index (χ0v) is 11.0. The highest BCUT2D eigenvalue weighted by atomic mass is 16.5. The van der Waals surface area contributed by atoms with E-state index in [2.05, 4.69) is 15.3 Å². The van der Waals surface area contributed by atoms with E-state index in [0.717, 1.165) is 19.4 Å². The minimum absolute atomic E-state index is 0.159. The molecular formula is C14H16N4O2. The molecule has 2 heterocycles. The van der Waals surface area contributed by atoms with Gasteiger partial charge in [0, 0.05) is 6.42 Å². The normalized spacial score (nSPS) is 28.1. The van der Waals surface area contributed by atoms with E-state index in [4.69, 9.17) is 10.5 Å². The van der Waals surface area contributed by atoms with E-state index in [-0.39, 0.29) is 17.5 Å². The molecule has 2 atom stereocenters. The average Bonchev–Trinajstić information content (AvgIpc) is 2.84. The largest absolute Gasteiger partial charge is 0.488 e. The van der Waals surface area contributed by atoms with Gasteiger partial charge < -0.3 is 20.8 Å². The summed E-state index contributed by atoms with van der Waals surface area (Å²) in [4.78, 5) is 17.8. The highest BCUT2D eigenvalue weighted by Crippen LogP contribution is 2.46. The molecule has 2 fully saturated rings. The second-order valence-electron chi connectivity index (χ2n) is 5.60. The third-order valence-corrected chi connectivity index (χ3v) is 4.30. The van der Waals surface area contributed by atoms with Crippen LogP contribution < -0.4 is 21.5 Å². The number of nitrogens with one attached hydrogen (secondary N) is 2. The number of ether oxygens (including phenoxy) is 1. The Hall–Kier alpha value is -2.08. The summed E-state index contributed by atoms with van der Waals surface area (Å²) in [6, 6.07) is 5.53. The van der Waals surface area contributed by atoms with Crippen molar-refractivity contribution in [1.82, 2.24) is 15.3 Å². The van der Waals surface area contributed by atoms with Crippen LogP contribution in [0.2, 0.25) is 0 Å². The first-order valence-electron chi connectivity index (χ1n) is 6.88. The fourth-order valence-electron chi connectivity index (χ4n) is 3.16. The van der Waals surface area contributed by atoms with Crippen LogP contribution >= 0.6 is 0 Å². The maximum absolute atomic E-state index is 11.4. The molecule has 2 aromatic rings. The predicted octanol–water partition coefficient (Wildman–Crippen LogP) is 0.779. The molecule has 4 N–H and O–H groups in total. The molecule has 4 rings (SSSR count). The van der Waals surface area contributed by atoms with E-state index in [0.29, 0.717) is 16.7 Å². The van der Waals surface area contributed by atoms with Crippen molar-refractivity contribution in [2.45, 2.75) is 30.9 Å². The number of anilines is 1. The van der Waals surface area contributed by atoms with Gasteiger partial charge in [-0.05, 0) is 31.5 Å². The molecule has 1 aromatic carbocycles. The number of hydrogen-bond donors (Lipinski definition) is 3. The number of nitrogen functional groups attached to an aromatic ring is 1. The van der Waals surface area contributed by atoms with Crippen molar-refractivity contribution in [1.29, 1.82) is 0 Å². The summed E-state index contributed by atoms with van der Waals surface area (Å²) in [6.45, 7) is 1.06. The molecule has 0 amide bonds. The number of aromatic amines is 1. The minimum Gasteiger partial charge on any atom is -0.488 e. The fourth-order valence-corrected chi connectivity index (χ4v) is 3.16. The number of fused-ring (bicyclic) bond motifs is 1. The highest BCUT2D eigenvalue weighted by molar-refractivity contribution is 5.93. The van der Waals surface area contributed by atoms with Crippen molar-refractivity contribution in [3.05, 3.63) is 28.7 Å². The quantitative estimate of drug-likeness (QED) is 0.751. The monoisotopic (exact) mass is 272 g/mol. The van der Waals surface area contributed by atoms with Gasteiger partial charge in [-0.15, -0.1) is 0 Å². The summed E-state index contributed by atoms with van der Waals surface area (Å²) < 4.78 is 6.09. The Morgan fingerprint density at radius 2 is 2.35 bits per heavy atom. The summed E-state index contributed by atoms with van der Waals surface area (Å²) in [5.41, 5.74) is 6.26. The second kappa shape index (κ2) is 3.96. The number of rotatable bonds is 2. The smallest absolute Gasteiger partial charge is 0.347 e. The van der Waals surface area contributed by atoms with Crippen molar-refractivity contribution < 1.29 is 4.74 Å². The molecule has 0 radical (unpaired) electrons. The molecule has 1 unspecified atom stereocenters. The zero-order valence-electron chi connectivity index (χ0n) is 11.0. The number of H-pyrrole nitrogens is 1. The number of hydrogen-bond acceptors (Lipinski definition) is 5. The average molecular weight is 272 g/mol. The Morgan fingerprint density at radius 3 is 3.15 bits per heavy atom. The van der Waals surface area contributed by atoms with E-state index in [1.165, 1.54) is 6.42 Å². The van der Waals surface area contributed by atoms with Gasteiger partial charge in [0.25, 0.3) is 0 Å². The molecule has 6 heteroatoms. The van der Waals surface area contributed by atoms with Crippen molar-refractivity contribution >= 4 is 16.7 Å². The van der Waals surface area contributed by atoms with Crippen LogP contribution in [0.1, 0.15) is 19.3 Å². The summed E-state index contributed by atoms with van der Waals surface area (Å²) in [7, 11) is 0. The first-order chi connectivity index (χ1) is 9.68. The Kier molecular flexibility index (Phi) is 2.32. The summed E-state index contributed by atoms with van der Waals surface area (Å²) in [5, 5.41) is 4.21. The van der Waals surface area contributed by atoms with E-state index >= 15 is 0 Å².